The number of halogens is 1. The third kappa shape index (κ3) is 4.20. The summed E-state index contributed by atoms with van der Waals surface area (Å²) in [7, 11) is 0. The van der Waals surface area contributed by atoms with Crippen LogP contribution in [0.5, 0.6) is 0 Å². The smallest absolute Gasteiger partial charge is 0.326 e. The molecule has 0 bridgehead atoms. The maximum absolute atomic E-state index is 12.1. The van der Waals surface area contributed by atoms with E-state index in [-0.39, 0.29) is 10.6 Å². The van der Waals surface area contributed by atoms with Crippen LogP contribution in [-0.2, 0) is 10.2 Å². The second-order valence-corrected chi connectivity index (χ2v) is 5.97. The summed E-state index contributed by atoms with van der Waals surface area (Å²) in [5.74, 6) is -1.52. The molecule has 1 atom stereocenters. The van der Waals surface area contributed by atoms with Gasteiger partial charge in [-0.1, -0.05) is 39.3 Å². The minimum absolute atomic E-state index is 0.214. The molecule has 0 spiro atoms. The summed E-state index contributed by atoms with van der Waals surface area (Å²) >= 11 is 5.93. The topological polar surface area (TPSA) is 79.3 Å². The molecule has 0 aliphatic rings. The molecule has 0 radical (unpaired) electrons. The van der Waals surface area contributed by atoms with Crippen molar-refractivity contribution in [1.29, 1.82) is 0 Å². The average molecular weight is 299 g/mol. The van der Waals surface area contributed by atoms with Gasteiger partial charge < -0.3 is 10.4 Å². The molecule has 1 amide bonds. The van der Waals surface area contributed by atoms with E-state index in [4.69, 9.17) is 16.7 Å². The Bertz CT molecular complexity index is 524. The van der Waals surface area contributed by atoms with Gasteiger partial charge in [0.1, 0.15) is 11.2 Å². The molecule has 5 nitrogen and oxygen atoms in total. The maximum atomic E-state index is 12.1. The van der Waals surface area contributed by atoms with Crippen LogP contribution in [0.3, 0.4) is 0 Å². The van der Waals surface area contributed by atoms with Crippen molar-refractivity contribution in [2.45, 2.75) is 45.6 Å². The number of pyridine rings is 1. The average Bonchev–Trinajstić information content (AvgIpc) is 2.33. The zero-order chi connectivity index (χ0) is 15.5. The fourth-order valence-corrected chi connectivity index (χ4v) is 1.80. The summed E-state index contributed by atoms with van der Waals surface area (Å²) in [6.45, 7) is 7.57. The second kappa shape index (κ2) is 6.22. The number of nitrogens with one attached hydrogen (secondary N) is 1. The van der Waals surface area contributed by atoms with Crippen LogP contribution in [-0.4, -0.2) is 28.0 Å². The van der Waals surface area contributed by atoms with Crippen LogP contribution >= 0.6 is 11.6 Å². The summed E-state index contributed by atoms with van der Waals surface area (Å²) < 4.78 is 0. The van der Waals surface area contributed by atoms with Gasteiger partial charge >= 0.3 is 5.97 Å². The van der Waals surface area contributed by atoms with Crippen molar-refractivity contribution in [1.82, 2.24) is 10.3 Å². The second-order valence-electron chi connectivity index (χ2n) is 5.59. The molecule has 1 aromatic heterocycles. The number of carboxylic acid groups (broad SMARTS) is 1. The minimum Gasteiger partial charge on any atom is -0.480 e. The predicted octanol–water partition coefficient (Wildman–Crippen LogP) is 2.63. The summed E-state index contributed by atoms with van der Waals surface area (Å²) in [5, 5.41) is 11.6. The number of aromatic nitrogens is 1. The highest BCUT2D eigenvalue weighted by molar-refractivity contribution is 6.29. The first-order valence-corrected chi connectivity index (χ1v) is 6.74. The highest BCUT2D eigenvalue weighted by atomic mass is 35.5. The van der Waals surface area contributed by atoms with Crippen LogP contribution in [0.1, 0.15) is 50.2 Å². The van der Waals surface area contributed by atoms with Crippen molar-refractivity contribution in [3.8, 4) is 0 Å². The minimum atomic E-state index is -1.06. The summed E-state index contributed by atoms with van der Waals surface area (Å²) in [4.78, 5) is 27.2. The van der Waals surface area contributed by atoms with Gasteiger partial charge in [0, 0.05) is 16.7 Å². The Morgan fingerprint density at radius 1 is 1.40 bits per heavy atom. The van der Waals surface area contributed by atoms with E-state index >= 15 is 0 Å². The van der Waals surface area contributed by atoms with Crippen molar-refractivity contribution in [3.63, 3.8) is 0 Å². The number of nitrogens with zero attached hydrogens (tertiary/aromatic N) is 1. The molecule has 0 aliphatic heterocycles. The van der Waals surface area contributed by atoms with E-state index < -0.39 is 17.9 Å². The Balaban J connectivity index is 3.05. The largest absolute Gasteiger partial charge is 0.480 e. The highest BCUT2D eigenvalue weighted by Crippen LogP contribution is 2.23. The molecular formula is C14H19ClN2O3. The molecule has 0 aliphatic carbocycles. The predicted molar refractivity (Wildman–Crippen MR) is 77.1 cm³/mol. The molecule has 1 heterocycles. The molecule has 1 aromatic rings. The van der Waals surface area contributed by atoms with E-state index in [1.807, 2.05) is 20.8 Å². The Morgan fingerprint density at radius 2 is 2.00 bits per heavy atom. The first-order chi connectivity index (χ1) is 9.15. The first-order valence-electron chi connectivity index (χ1n) is 6.37. The maximum Gasteiger partial charge on any atom is 0.326 e. The lowest BCUT2D eigenvalue weighted by Gasteiger charge is -2.19. The van der Waals surface area contributed by atoms with Crippen LogP contribution in [0.15, 0.2) is 12.1 Å². The molecule has 0 saturated heterocycles. The first kappa shape index (κ1) is 16.4. The molecule has 0 saturated carbocycles. The van der Waals surface area contributed by atoms with Gasteiger partial charge in [0.15, 0.2) is 0 Å². The van der Waals surface area contributed by atoms with E-state index in [1.54, 1.807) is 13.0 Å². The molecule has 110 valence electrons. The van der Waals surface area contributed by atoms with E-state index in [0.717, 1.165) is 0 Å². The number of rotatable bonds is 4. The van der Waals surface area contributed by atoms with E-state index in [2.05, 4.69) is 10.3 Å². The number of hydrogen-bond acceptors (Lipinski definition) is 3. The number of amides is 1. The third-order valence-electron chi connectivity index (χ3n) is 2.84. The van der Waals surface area contributed by atoms with E-state index in [0.29, 0.717) is 17.7 Å². The van der Waals surface area contributed by atoms with Crippen molar-refractivity contribution >= 4 is 23.5 Å². The lowest BCUT2D eigenvalue weighted by molar-refractivity contribution is -0.139. The van der Waals surface area contributed by atoms with Crippen molar-refractivity contribution in [2.24, 2.45) is 0 Å². The molecule has 1 rings (SSSR count). The van der Waals surface area contributed by atoms with Crippen LogP contribution in [0.4, 0.5) is 0 Å². The molecule has 0 aromatic carbocycles. The number of aliphatic carboxylic acids is 1. The Morgan fingerprint density at radius 3 is 2.45 bits per heavy atom. The molecule has 20 heavy (non-hydrogen) atoms. The van der Waals surface area contributed by atoms with Gasteiger partial charge in [-0.15, -0.1) is 0 Å². The lowest BCUT2D eigenvalue weighted by atomic mass is 9.91. The number of carbonyl (C=O) groups excluding carboxylic acids is 1. The molecule has 2 N–H and O–H groups in total. The zero-order valence-corrected chi connectivity index (χ0v) is 12.8. The van der Waals surface area contributed by atoms with Crippen molar-refractivity contribution in [2.75, 3.05) is 0 Å². The fraction of sp³-hybridized carbons (Fsp3) is 0.500. The van der Waals surface area contributed by atoms with Crippen LogP contribution < -0.4 is 5.32 Å². The molecular weight excluding hydrogens is 280 g/mol. The van der Waals surface area contributed by atoms with Gasteiger partial charge in [0.05, 0.1) is 0 Å². The number of carboxylic acids is 1. The van der Waals surface area contributed by atoms with Crippen molar-refractivity contribution < 1.29 is 14.7 Å². The Hall–Kier alpha value is -1.62. The summed E-state index contributed by atoms with van der Waals surface area (Å²) in [6.07, 6.45) is 0.312. The summed E-state index contributed by atoms with van der Waals surface area (Å²) in [5.41, 5.74) is 0.741. The monoisotopic (exact) mass is 298 g/mol. The Kier molecular flexibility index (Phi) is 5.11. The third-order valence-corrected chi connectivity index (χ3v) is 3.03. The van der Waals surface area contributed by atoms with Gasteiger partial charge in [-0.05, 0) is 18.6 Å². The number of carbonyl (C=O) groups is 2. The highest BCUT2D eigenvalue weighted by Gasteiger charge is 2.22. The van der Waals surface area contributed by atoms with Crippen LogP contribution in [0.25, 0.3) is 0 Å². The standard InChI is InChI=1S/C14H19ClN2O3/c1-5-9(13(19)20)16-12(18)8-6-10(14(2,3)4)17-11(15)7-8/h6-7,9H,5H2,1-4H3,(H,16,18)(H,19,20)/t9-/m1/s1. The number of hydrogen-bond donors (Lipinski definition) is 2. The lowest BCUT2D eigenvalue weighted by Crippen LogP contribution is -2.40. The van der Waals surface area contributed by atoms with Crippen LogP contribution in [0, 0.1) is 0 Å². The normalized spacial score (nSPS) is 12.8. The van der Waals surface area contributed by atoms with Gasteiger partial charge in [0.25, 0.3) is 5.91 Å². The SMILES string of the molecule is CC[C@@H](NC(=O)c1cc(Cl)nc(C(C)(C)C)c1)C(=O)O. The van der Waals surface area contributed by atoms with Gasteiger partial charge in [-0.2, -0.15) is 0 Å². The van der Waals surface area contributed by atoms with Gasteiger partial charge in [0.2, 0.25) is 0 Å². The molecule has 0 unspecified atom stereocenters. The summed E-state index contributed by atoms with van der Waals surface area (Å²) in [6, 6.07) is 2.16. The fourth-order valence-electron chi connectivity index (χ4n) is 1.59. The molecule has 0 fully saturated rings. The van der Waals surface area contributed by atoms with Crippen molar-refractivity contribution in [3.05, 3.63) is 28.5 Å². The molecule has 6 heteroatoms. The zero-order valence-electron chi connectivity index (χ0n) is 12.0. The van der Waals surface area contributed by atoms with E-state index in [1.165, 1.54) is 6.07 Å². The van der Waals surface area contributed by atoms with E-state index in [9.17, 15) is 9.59 Å². The van der Waals surface area contributed by atoms with Crippen LogP contribution in [0.2, 0.25) is 5.15 Å². The van der Waals surface area contributed by atoms with Gasteiger partial charge in [-0.25, -0.2) is 9.78 Å². The Labute approximate surface area is 123 Å². The quantitative estimate of drug-likeness (QED) is 0.838. The van der Waals surface area contributed by atoms with Gasteiger partial charge in [-0.3, -0.25) is 4.79 Å².